The van der Waals surface area contributed by atoms with E-state index in [0.29, 0.717) is 28.7 Å². The molecule has 2 atom stereocenters. The number of H-pyrrole nitrogens is 1. The Morgan fingerprint density at radius 3 is 2.65 bits per heavy atom. The maximum Gasteiger partial charge on any atom is 0.419 e. The highest BCUT2D eigenvalue weighted by atomic mass is 19.4. The predicted octanol–water partition coefficient (Wildman–Crippen LogP) is 2.82. The number of benzene rings is 1. The van der Waals surface area contributed by atoms with Crippen LogP contribution >= 0.6 is 0 Å². The molecule has 0 bridgehead atoms. The van der Waals surface area contributed by atoms with Crippen LogP contribution in [0.5, 0.6) is 0 Å². The Labute approximate surface area is 195 Å². The van der Waals surface area contributed by atoms with Crippen molar-refractivity contribution in [3.05, 3.63) is 41.2 Å². The van der Waals surface area contributed by atoms with Gasteiger partial charge in [0.2, 0.25) is 5.91 Å². The lowest BCUT2D eigenvalue weighted by Gasteiger charge is -2.30. The van der Waals surface area contributed by atoms with Crippen molar-refractivity contribution in [2.75, 3.05) is 18.4 Å². The van der Waals surface area contributed by atoms with Crippen LogP contribution in [-0.4, -0.2) is 53.3 Å². The lowest BCUT2D eigenvalue weighted by atomic mass is 9.92. The van der Waals surface area contributed by atoms with E-state index in [0.717, 1.165) is 25.6 Å². The van der Waals surface area contributed by atoms with E-state index in [4.69, 9.17) is 0 Å². The van der Waals surface area contributed by atoms with E-state index in [2.05, 4.69) is 31.2 Å². The number of nitrogens with one attached hydrogen (secondary N) is 5. The lowest BCUT2D eigenvalue weighted by Crippen LogP contribution is -2.52. The van der Waals surface area contributed by atoms with Crippen LogP contribution in [0.25, 0.3) is 10.9 Å². The molecule has 6 N–H and O–H groups in total. The van der Waals surface area contributed by atoms with Gasteiger partial charge in [-0.15, -0.1) is 0 Å². The molecule has 1 saturated heterocycles. The molecule has 3 heterocycles. The summed E-state index contributed by atoms with van der Waals surface area (Å²) in [5.74, 6) is -0.326. The van der Waals surface area contributed by atoms with Crippen molar-refractivity contribution in [2.24, 2.45) is 4.99 Å². The second kappa shape index (κ2) is 9.05. The number of rotatable bonds is 5. The summed E-state index contributed by atoms with van der Waals surface area (Å²) >= 11 is 0. The van der Waals surface area contributed by atoms with Gasteiger partial charge in [0, 0.05) is 54.1 Å². The number of aliphatic imine (C=N–C) groups is 1. The Bertz CT molecular complexity index is 1140. The third-order valence-electron chi connectivity index (χ3n) is 5.93. The number of halogens is 3. The van der Waals surface area contributed by atoms with Gasteiger partial charge in [0.05, 0.1) is 22.4 Å². The molecule has 0 radical (unpaired) electrons. The first-order chi connectivity index (χ1) is 15.9. The number of carbonyl (C=O) groups excluding carboxylic acids is 1. The molecule has 2 unspecified atom stereocenters. The summed E-state index contributed by atoms with van der Waals surface area (Å²) in [6.45, 7) is 6.08. The number of amides is 1. The molecule has 1 fully saturated rings. The molecule has 184 valence electrons. The number of aromatic nitrogens is 1. The smallest absolute Gasteiger partial charge is 0.386 e. The van der Waals surface area contributed by atoms with Crippen molar-refractivity contribution in [1.82, 2.24) is 20.9 Å². The number of hydrogen-bond donors (Lipinski definition) is 6. The van der Waals surface area contributed by atoms with Gasteiger partial charge in [-0.1, -0.05) is 6.07 Å². The van der Waals surface area contributed by atoms with Gasteiger partial charge in [-0.2, -0.15) is 13.2 Å². The van der Waals surface area contributed by atoms with Gasteiger partial charge < -0.3 is 26.0 Å². The number of aromatic amines is 1. The first-order valence-electron chi connectivity index (χ1n) is 11.2. The highest BCUT2D eigenvalue weighted by molar-refractivity contribution is 6.20. The minimum atomic E-state index is -4.62. The zero-order valence-corrected chi connectivity index (χ0v) is 19.2. The molecule has 0 spiro atoms. The molecule has 1 amide bonds. The van der Waals surface area contributed by atoms with E-state index in [9.17, 15) is 23.1 Å². The quantitative estimate of drug-likeness (QED) is 0.396. The van der Waals surface area contributed by atoms with Gasteiger partial charge in [0.15, 0.2) is 6.29 Å². The van der Waals surface area contributed by atoms with Crippen LogP contribution < -0.4 is 21.3 Å². The fourth-order valence-corrected chi connectivity index (χ4v) is 4.52. The molecule has 2 aliphatic heterocycles. The molecule has 34 heavy (non-hydrogen) atoms. The van der Waals surface area contributed by atoms with Crippen LogP contribution in [0.4, 0.5) is 18.9 Å². The molecule has 1 aromatic heterocycles. The van der Waals surface area contributed by atoms with Crippen molar-refractivity contribution in [3.63, 3.8) is 0 Å². The molecule has 2 aromatic rings. The molecule has 0 saturated carbocycles. The molecule has 4 rings (SSSR count). The lowest BCUT2D eigenvalue weighted by molar-refractivity contribution is -0.114. The number of piperidine rings is 1. The third-order valence-corrected chi connectivity index (χ3v) is 5.93. The van der Waals surface area contributed by atoms with E-state index >= 15 is 0 Å². The Kier molecular flexibility index (Phi) is 6.45. The number of allylic oxidation sites excluding steroid dienone is 1. The third kappa shape index (κ3) is 4.96. The van der Waals surface area contributed by atoms with Crippen LogP contribution in [-0.2, 0) is 10.4 Å². The number of nitrogens with zero attached hydrogens (tertiary/aromatic N) is 1. The molecular weight excluding hydrogens is 449 g/mol. The number of anilines is 1. The van der Waals surface area contributed by atoms with E-state index in [-0.39, 0.29) is 23.2 Å². The van der Waals surface area contributed by atoms with E-state index in [1.165, 1.54) is 13.1 Å². The van der Waals surface area contributed by atoms with E-state index < -0.39 is 23.6 Å². The van der Waals surface area contributed by atoms with Crippen LogP contribution in [0.1, 0.15) is 44.7 Å². The fraction of sp³-hybridized carbons (Fsp3) is 0.478. The monoisotopic (exact) mass is 478 g/mol. The van der Waals surface area contributed by atoms with Crippen molar-refractivity contribution in [2.45, 2.75) is 57.7 Å². The second-order valence-electron chi connectivity index (χ2n) is 9.17. The van der Waals surface area contributed by atoms with E-state index in [1.54, 1.807) is 26.0 Å². The number of fused-ring (bicyclic) bond motifs is 1. The molecule has 1 aromatic carbocycles. The molecule has 11 heteroatoms. The first kappa shape index (κ1) is 24.2. The van der Waals surface area contributed by atoms with Gasteiger partial charge in [0.1, 0.15) is 0 Å². The summed E-state index contributed by atoms with van der Waals surface area (Å²) in [6, 6.07) is 3.28. The zero-order chi connectivity index (χ0) is 24.7. The summed E-state index contributed by atoms with van der Waals surface area (Å²) in [7, 11) is 0. The van der Waals surface area contributed by atoms with E-state index in [1.807, 2.05) is 0 Å². The van der Waals surface area contributed by atoms with Crippen molar-refractivity contribution in [1.29, 1.82) is 0 Å². The van der Waals surface area contributed by atoms with Crippen LogP contribution in [0.2, 0.25) is 0 Å². The van der Waals surface area contributed by atoms with Gasteiger partial charge in [-0.25, -0.2) is 4.99 Å². The topological polar surface area (TPSA) is 114 Å². The number of carbonyl (C=O) groups is 1. The molecule has 2 aliphatic rings. The minimum Gasteiger partial charge on any atom is -0.386 e. The molecule has 0 aliphatic carbocycles. The predicted molar refractivity (Wildman–Crippen MR) is 124 cm³/mol. The average molecular weight is 479 g/mol. The standard InChI is InChI=1S/C23H29F3N6O2/c1-12(33)30-17-7-6-14-15(10-28-20(14)18(17)22(2,3)34)19-16(23(24,25)26)11-29-21(32-19)31-13-5-4-8-27-9-13/h6-7,10-11,13,21,27-29,31,34H,4-5,8-9H2,1-3H3,(H,30,33). The van der Waals surface area contributed by atoms with Crippen molar-refractivity contribution >= 4 is 28.2 Å². The van der Waals surface area contributed by atoms with Crippen molar-refractivity contribution in [3.8, 4) is 0 Å². The SMILES string of the molecule is CC(=O)Nc1ccc2c(C3=NC(NC4CCCNC4)NC=C3C(F)(F)F)c[nH]c2c1C(C)(C)O. The second-order valence-corrected chi connectivity index (χ2v) is 9.17. The first-order valence-corrected chi connectivity index (χ1v) is 11.2. The van der Waals surface area contributed by atoms with Crippen molar-refractivity contribution < 1.29 is 23.1 Å². The fourth-order valence-electron chi connectivity index (χ4n) is 4.52. The Morgan fingerprint density at radius 2 is 2.03 bits per heavy atom. The maximum atomic E-state index is 13.9. The van der Waals surface area contributed by atoms with Crippen LogP contribution in [0.3, 0.4) is 0 Å². The highest BCUT2D eigenvalue weighted by Crippen LogP contribution is 2.38. The Hall–Kier alpha value is -2.89. The summed E-state index contributed by atoms with van der Waals surface area (Å²) in [4.78, 5) is 19.1. The van der Waals surface area contributed by atoms with Gasteiger partial charge in [-0.05, 0) is 39.3 Å². The van der Waals surface area contributed by atoms with Gasteiger partial charge in [-0.3, -0.25) is 10.1 Å². The number of aliphatic hydroxyl groups is 1. The minimum absolute atomic E-state index is 0.0852. The summed E-state index contributed by atoms with van der Waals surface area (Å²) < 4.78 is 41.8. The molecule has 8 nitrogen and oxygen atoms in total. The summed E-state index contributed by atoms with van der Waals surface area (Å²) in [5.41, 5.74) is -1.02. The zero-order valence-electron chi connectivity index (χ0n) is 19.2. The summed E-state index contributed by atoms with van der Waals surface area (Å²) in [5, 5.41) is 23.2. The molecular formula is C23H29F3N6O2. The summed E-state index contributed by atoms with van der Waals surface area (Å²) in [6.07, 6.45) is -1.05. The Morgan fingerprint density at radius 1 is 1.26 bits per heavy atom. The highest BCUT2D eigenvalue weighted by Gasteiger charge is 2.40. The number of hydrogen-bond acceptors (Lipinski definition) is 6. The average Bonchev–Trinajstić information content (AvgIpc) is 3.16. The van der Waals surface area contributed by atoms with Gasteiger partial charge >= 0.3 is 6.18 Å². The number of alkyl halides is 3. The normalized spacial score (nSPS) is 21.6. The maximum absolute atomic E-state index is 13.9. The van der Waals surface area contributed by atoms with Gasteiger partial charge in [0.25, 0.3) is 0 Å². The largest absolute Gasteiger partial charge is 0.419 e. The van der Waals surface area contributed by atoms with Crippen LogP contribution in [0.15, 0.2) is 35.1 Å². The Balaban J connectivity index is 1.80. The van der Waals surface area contributed by atoms with Crippen LogP contribution in [0, 0.1) is 0 Å².